The van der Waals surface area contributed by atoms with Crippen LogP contribution in [0.2, 0.25) is 0 Å². The number of nitrogens with zero attached hydrogens (tertiary/aromatic N) is 1. The molecule has 1 amide bonds. The Morgan fingerprint density at radius 2 is 1.76 bits per heavy atom. The molecular formula is C27H20N2O5. The molecule has 0 spiro atoms. The fourth-order valence-electron chi connectivity index (χ4n) is 3.69. The summed E-state index contributed by atoms with van der Waals surface area (Å²) in [4.78, 5) is 25.3. The minimum absolute atomic E-state index is 0.129. The number of hydrogen-bond acceptors (Lipinski definition) is 6. The van der Waals surface area contributed by atoms with Crippen LogP contribution in [-0.2, 0) is 0 Å². The lowest BCUT2D eigenvalue weighted by Gasteiger charge is -2.11. The molecule has 0 atom stereocenters. The van der Waals surface area contributed by atoms with Gasteiger partial charge in [0.1, 0.15) is 5.75 Å². The Bertz CT molecular complexity index is 1440. The highest BCUT2D eigenvalue weighted by molar-refractivity contribution is 6.04. The Kier molecular flexibility index (Phi) is 5.66. The van der Waals surface area contributed by atoms with E-state index in [2.05, 4.69) is 10.5 Å². The number of amides is 1. The minimum Gasteiger partial charge on any atom is -0.454 e. The van der Waals surface area contributed by atoms with Gasteiger partial charge in [-0.1, -0.05) is 48.0 Å². The molecule has 0 saturated heterocycles. The fourth-order valence-corrected chi connectivity index (χ4v) is 3.69. The molecule has 34 heavy (non-hydrogen) atoms. The van der Waals surface area contributed by atoms with E-state index in [0.717, 1.165) is 16.3 Å². The van der Waals surface area contributed by atoms with Crippen LogP contribution in [0.1, 0.15) is 31.8 Å². The molecule has 7 nitrogen and oxygen atoms in total. The summed E-state index contributed by atoms with van der Waals surface area (Å²) in [5.74, 6) is 0.560. The van der Waals surface area contributed by atoms with E-state index in [0.29, 0.717) is 33.9 Å². The lowest BCUT2D eigenvalue weighted by Crippen LogP contribution is -2.17. The number of nitrogens with one attached hydrogen (secondary N) is 1. The third-order valence-electron chi connectivity index (χ3n) is 5.38. The van der Waals surface area contributed by atoms with E-state index in [1.807, 2.05) is 43.3 Å². The van der Waals surface area contributed by atoms with Crippen molar-refractivity contribution in [2.75, 3.05) is 6.79 Å². The average Bonchev–Trinajstić information content (AvgIpc) is 3.33. The van der Waals surface area contributed by atoms with Gasteiger partial charge in [0.2, 0.25) is 6.79 Å². The van der Waals surface area contributed by atoms with Crippen molar-refractivity contribution in [3.05, 3.63) is 101 Å². The van der Waals surface area contributed by atoms with Crippen molar-refractivity contribution in [3.8, 4) is 17.2 Å². The van der Waals surface area contributed by atoms with Gasteiger partial charge in [-0.15, -0.1) is 0 Å². The first-order valence-electron chi connectivity index (χ1n) is 10.6. The highest BCUT2D eigenvalue weighted by Crippen LogP contribution is 2.32. The third-order valence-corrected chi connectivity index (χ3v) is 5.38. The third kappa shape index (κ3) is 4.31. The number of aryl methyl sites for hydroxylation is 1. The topological polar surface area (TPSA) is 86.2 Å². The molecule has 168 valence electrons. The molecule has 4 aromatic carbocycles. The van der Waals surface area contributed by atoms with Gasteiger partial charge < -0.3 is 14.2 Å². The number of esters is 1. The van der Waals surface area contributed by atoms with Gasteiger partial charge in [0.15, 0.2) is 11.5 Å². The van der Waals surface area contributed by atoms with Gasteiger partial charge in [-0.3, -0.25) is 4.79 Å². The predicted octanol–water partition coefficient (Wildman–Crippen LogP) is 4.86. The summed E-state index contributed by atoms with van der Waals surface area (Å²) in [7, 11) is 0. The highest BCUT2D eigenvalue weighted by Gasteiger charge is 2.17. The zero-order valence-electron chi connectivity index (χ0n) is 18.3. The monoisotopic (exact) mass is 452 g/mol. The zero-order chi connectivity index (χ0) is 23.5. The standard InChI is InChI=1S/C27H20N2O5/c1-17-5-4-7-20(13-17)27(31)34-23-11-9-18-6-2-3-8-21(18)22(23)15-28-29-26(30)19-10-12-24-25(14-19)33-16-32-24/h2-15H,16H2,1H3,(H,29,30). The summed E-state index contributed by atoms with van der Waals surface area (Å²) < 4.78 is 16.3. The van der Waals surface area contributed by atoms with Gasteiger partial charge >= 0.3 is 5.97 Å². The zero-order valence-corrected chi connectivity index (χ0v) is 18.3. The number of fused-ring (bicyclic) bond motifs is 2. The summed E-state index contributed by atoms with van der Waals surface area (Å²) in [5, 5.41) is 5.91. The summed E-state index contributed by atoms with van der Waals surface area (Å²) >= 11 is 0. The van der Waals surface area contributed by atoms with Crippen molar-refractivity contribution in [1.82, 2.24) is 5.43 Å². The average molecular weight is 452 g/mol. The Hall–Kier alpha value is -4.65. The van der Waals surface area contributed by atoms with Gasteiger partial charge in [0.05, 0.1) is 11.8 Å². The number of carbonyl (C=O) groups is 2. The number of hydrazone groups is 1. The van der Waals surface area contributed by atoms with Crippen LogP contribution in [0.5, 0.6) is 17.2 Å². The molecule has 4 aromatic rings. The molecule has 1 aliphatic rings. The van der Waals surface area contributed by atoms with E-state index in [1.165, 1.54) is 6.21 Å². The Labute approximate surface area is 195 Å². The SMILES string of the molecule is Cc1cccc(C(=O)Oc2ccc3ccccc3c2C=NNC(=O)c2ccc3c(c2)OCO3)c1. The van der Waals surface area contributed by atoms with Crippen LogP contribution in [0.15, 0.2) is 84.0 Å². The van der Waals surface area contributed by atoms with Gasteiger partial charge in [-0.2, -0.15) is 5.10 Å². The molecule has 1 N–H and O–H groups in total. The van der Waals surface area contributed by atoms with E-state index in [4.69, 9.17) is 14.2 Å². The smallest absolute Gasteiger partial charge is 0.343 e. The molecular weight excluding hydrogens is 432 g/mol. The Morgan fingerprint density at radius 1 is 0.912 bits per heavy atom. The first-order chi connectivity index (χ1) is 16.6. The van der Waals surface area contributed by atoms with Crippen LogP contribution in [0.25, 0.3) is 10.8 Å². The van der Waals surface area contributed by atoms with Gasteiger partial charge in [-0.25, -0.2) is 10.2 Å². The molecule has 0 unspecified atom stereocenters. The van der Waals surface area contributed by atoms with Crippen LogP contribution < -0.4 is 19.6 Å². The number of ether oxygens (including phenoxy) is 3. The number of hydrogen-bond donors (Lipinski definition) is 1. The van der Waals surface area contributed by atoms with Gasteiger partial charge in [0.25, 0.3) is 5.91 Å². The molecule has 0 radical (unpaired) electrons. The number of carbonyl (C=O) groups excluding carboxylic acids is 2. The van der Waals surface area contributed by atoms with Crippen LogP contribution in [-0.4, -0.2) is 24.9 Å². The Morgan fingerprint density at radius 3 is 2.65 bits per heavy atom. The van der Waals surface area contributed by atoms with E-state index >= 15 is 0 Å². The summed E-state index contributed by atoms with van der Waals surface area (Å²) in [6.45, 7) is 2.04. The van der Waals surface area contributed by atoms with Crippen LogP contribution in [0, 0.1) is 6.92 Å². The van der Waals surface area contributed by atoms with E-state index < -0.39 is 11.9 Å². The second kappa shape index (κ2) is 9.07. The maximum Gasteiger partial charge on any atom is 0.343 e. The fraction of sp³-hybridized carbons (Fsp3) is 0.0741. The number of benzene rings is 4. The Balaban J connectivity index is 1.41. The van der Waals surface area contributed by atoms with E-state index in [9.17, 15) is 9.59 Å². The molecule has 5 rings (SSSR count). The van der Waals surface area contributed by atoms with Crippen molar-refractivity contribution in [2.24, 2.45) is 5.10 Å². The van der Waals surface area contributed by atoms with Crippen LogP contribution in [0.3, 0.4) is 0 Å². The second-order valence-corrected chi connectivity index (χ2v) is 7.72. The first-order valence-corrected chi connectivity index (χ1v) is 10.6. The van der Waals surface area contributed by atoms with Gasteiger partial charge in [0, 0.05) is 11.1 Å². The maximum atomic E-state index is 12.8. The molecule has 0 aromatic heterocycles. The van der Waals surface area contributed by atoms with Crippen molar-refractivity contribution < 1.29 is 23.8 Å². The summed E-state index contributed by atoms with van der Waals surface area (Å²) in [5.41, 5.74) is 4.88. The van der Waals surface area contributed by atoms with E-state index in [-0.39, 0.29) is 6.79 Å². The van der Waals surface area contributed by atoms with Crippen molar-refractivity contribution in [2.45, 2.75) is 6.92 Å². The normalized spacial score (nSPS) is 12.1. The molecule has 0 bridgehead atoms. The van der Waals surface area contributed by atoms with Crippen molar-refractivity contribution in [1.29, 1.82) is 0 Å². The lowest BCUT2D eigenvalue weighted by atomic mass is 10.0. The van der Waals surface area contributed by atoms with Gasteiger partial charge in [-0.05, 0) is 54.1 Å². The summed E-state index contributed by atoms with van der Waals surface area (Å²) in [6, 6.07) is 23.3. The predicted molar refractivity (Wildman–Crippen MR) is 128 cm³/mol. The molecule has 0 aliphatic carbocycles. The van der Waals surface area contributed by atoms with E-state index in [1.54, 1.807) is 42.5 Å². The van der Waals surface area contributed by atoms with Crippen molar-refractivity contribution in [3.63, 3.8) is 0 Å². The van der Waals surface area contributed by atoms with Crippen LogP contribution in [0.4, 0.5) is 0 Å². The molecule has 1 heterocycles. The minimum atomic E-state index is -0.474. The maximum absolute atomic E-state index is 12.8. The van der Waals surface area contributed by atoms with Crippen LogP contribution >= 0.6 is 0 Å². The van der Waals surface area contributed by atoms with Crippen molar-refractivity contribution >= 4 is 28.9 Å². The molecule has 0 saturated carbocycles. The largest absolute Gasteiger partial charge is 0.454 e. The quantitative estimate of drug-likeness (QED) is 0.202. The first kappa shape index (κ1) is 21.2. The molecule has 0 fully saturated rings. The molecule has 1 aliphatic heterocycles. The number of rotatable bonds is 5. The summed E-state index contributed by atoms with van der Waals surface area (Å²) in [6.07, 6.45) is 1.48. The second-order valence-electron chi connectivity index (χ2n) is 7.72. The molecule has 7 heteroatoms. The lowest BCUT2D eigenvalue weighted by molar-refractivity contribution is 0.0734. The highest BCUT2D eigenvalue weighted by atomic mass is 16.7.